The molecule has 1 fully saturated rings. The van der Waals surface area contributed by atoms with E-state index in [1.54, 1.807) is 18.0 Å². The minimum Gasteiger partial charge on any atom is -0.231 e. The van der Waals surface area contributed by atoms with E-state index in [0.29, 0.717) is 5.25 Å². The number of aryl methyl sites for hydroxylation is 1. The van der Waals surface area contributed by atoms with Gasteiger partial charge in [0.05, 0.1) is 12.0 Å². The fourth-order valence-electron chi connectivity index (χ4n) is 2.18. The topological polar surface area (TPSA) is 49.6 Å². The van der Waals surface area contributed by atoms with Gasteiger partial charge >= 0.3 is 0 Å². The maximum Gasteiger partial charge on any atom is 0.188 e. The molecule has 0 bridgehead atoms. The Labute approximate surface area is 107 Å². The molecule has 1 saturated carbocycles. The molecule has 2 rings (SSSR count). The Kier molecular flexibility index (Phi) is 4.38. The summed E-state index contributed by atoms with van der Waals surface area (Å²) in [6.07, 6.45) is 7.60. The minimum atomic E-state index is 0.159. The van der Waals surface area contributed by atoms with Gasteiger partial charge in [-0.05, 0) is 25.8 Å². The van der Waals surface area contributed by atoms with Crippen molar-refractivity contribution in [3.05, 3.63) is 18.0 Å². The lowest BCUT2D eigenvalue weighted by atomic mass is 10.0. The second-order valence-electron chi connectivity index (χ2n) is 4.51. The molecule has 1 aromatic heterocycles. The van der Waals surface area contributed by atoms with Gasteiger partial charge in [-0.15, -0.1) is 0 Å². The molecule has 0 saturated heterocycles. The second kappa shape index (κ2) is 6.02. The van der Waals surface area contributed by atoms with Crippen molar-refractivity contribution in [3.8, 4) is 6.07 Å². The summed E-state index contributed by atoms with van der Waals surface area (Å²) in [4.78, 5) is 8.68. The molecule has 1 aliphatic carbocycles. The van der Waals surface area contributed by atoms with Crippen molar-refractivity contribution in [2.24, 2.45) is 5.92 Å². The van der Waals surface area contributed by atoms with E-state index in [2.05, 4.69) is 16.0 Å². The van der Waals surface area contributed by atoms with Crippen LogP contribution in [0.15, 0.2) is 17.4 Å². The van der Waals surface area contributed by atoms with Gasteiger partial charge in [-0.1, -0.05) is 31.0 Å². The zero-order chi connectivity index (χ0) is 12.1. The summed E-state index contributed by atoms with van der Waals surface area (Å²) in [6.45, 7) is 1.97. The molecule has 1 aliphatic rings. The van der Waals surface area contributed by atoms with E-state index in [9.17, 15) is 5.26 Å². The van der Waals surface area contributed by atoms with E-state index >= 15 is 0 Å². The summed E-state index contributed by atoms with van der Waals surface area (Å²) in [5.74, 6) is 0.159. The van der Waals surface area contributed by atoms with Crippen LogP contribution in [0.3, 0.4) is 0 Å². The number of aromatic nitrogens is 2. The Morgan fingerprint density at radius 2 is 2.18 bits per heavy atom. The van der Waals surface area contributed by atoms with Crippen LogP contribution in [0.4, 0.5) is 0 Å². The Morgan fingerprint density at radius 1 is 1.35 bits per heavy atom. The summed E-state index contributed by atoms with van der Waals surface area (Å²) in [5, 5.41) is 10.4. The largest absolute Gasteiger partial charge is 0.231 e. The third kappa shape index (κ3) is 3.44. The van der Waals surface area contributed by atoms with E-state index in [1.165, 1.54) is 19.3 Å². The van der Waals surface area contributed by atoms with E-state index in [0.717, 1.165) is 23.7 Å². The first-order chi connectivity index (χ1) is 8.29. The van der Waals surface area contributed by atoms with Crippen LogP contribution in [-0.2, 0) is 0 Å². The predicted molar refractivity (Wildman–Crippen MR) is 68.6 cm³/mol. The highest BCUT2D eigenvalue weighted by molar-refractivity contribution is 7.99. The number of thioether (sulfide) groups is 1. The predicted octanol–water partition coefficient (Wildman–Crippen LogP) is 3.35. The van der Waals surface area contributed by atoms with Crippen LogP contribution in [0, 0.1) is 24.2 Å². The molecular formula is C13H17N3S. The molecule has 0 aliphatic heterocycles. The Hall–Kier alpha value is -1.08. The van der Waals surface area contributed by atoms with Crippen molar-refractivity contribution in [1.82, 2.24) is 9.97 Å². The van der Waals surface area contributed by atoms with Crippen molar-refractivity contribution in [2.45, 2.75) is 49.4 Å². The fraction of sp³-hybridized carbons (Fsp3) is 0.615. The quantitative estimate of drug-likeness (QED) is 0.594. The first-order valence-electron chi connectivity index (χ1n) is 6.15. The lowest BCUT2D eigenvalue weighted by molar-refractivity contribution is 0.584. The summed E-state index contributed by atoms with van der Waals surface area (Å²) >= 11 is 1.68. The summed E-state index contributed by atoms with van der Waals surface area (Å²) in [7, 11) is 0. The van der Waals surface area contributed by atoms with Crippen molar-refractivity contribution < 1.29 is 0 Å². The van der Waals surface area contributed by atoms with E-state index in [4.69, 9.17) is 0 Å². The molecule has 0 N–H and O–H groups in total. The molecular weight excluding hydrogens is 230 g/mol. The van der Waals surface area contributed by atoms with Crippen LogP contribution >= 0.6 is 11.8 Å². The van der Waals surface area contributed by atoms with E-state index in [1.807, 2.05) is 13.0 Å². The number of nitriles is 1. The molecule has 4 heteroatoms. The highest BCUT2D eigenvalue weighted by Gasteiger charge is 2.25. The summed E-state index contributed by atoms with van der Waals surface area (Å²) in [6, 6.07) is 4.35. The smallest absolute Gasteiger partial charge is 0.188 e. The zero-order valence-corrected chi connectivity index (χ0v) is 10.9. The normalized spacial score (nSPS) is 24.9. The third-order valence-electron chi connectivity index (χ3n) is 3.15. The van der Waals surface area contributed by atoms with Gasteiger partial charge in [0.1, 0.15) is 0 Å². The van der Waals surface area contributed by atoms with Crippen molar-refractivity contribution >= 4 is 11.8 Å². The maximum absolute atomic E-state index is 9.21. The van der Waals surface area contributed by atoms with Gasteiger partial charge < -0.3 is 0 Å². The highest BCUT2D eigenvalue weighted by atomic mass is 32.2. The van der Waals surface area contributed by atoms with Crippen LogP contribution in [-0.4, -0.2) is 15.2 Å². The van der Waals surface area contributed by atoms with Crippen molar-refractivity contribution in [2.75, 3.05) is 0 Å². The first kappa shape index (κ1) is 12.4. The number of hydrogen-bond donors (Lipinski definition) is 0. The highest BCUT2D eigenvalue weighted by Crippen LogP contribution is 2.34. The van der Waals surface area contributed by atoms with Gasteiger partial charge in [-0.2, -0.15) is 5.26 Å². The molecule has 2 unspecified atom stereocenters. The minimum absolute atomic E-state index is 0.159. The standard InChI is InChI=1S/C13H17N3S/c1-10-7-8-15-13(16-10)17-12-6-4-2-3-5-11(12)9-14/h7-8,11-12H,2-6H2,1H3. The average Bonchev–Trinajstić information content (AvgIpc) is 2.54. The van der Waals surface area contributed by atoms with Crippen LogP contribution in [0.5, 0.6) is 0 Å². The van der Waals surface area contributed by atoms with Gasteiger partial charge in [0, 0.05) is 17.1 Å². The molecule has 0 amide bonds. The molecule has 17 heavy (non-hydrogen) atoms. The molecule has 2 atom stereocenters. The molecule has 0 radical (unpaired) electrons. The lowest BCUT2D eigenvalue weighted by Gasteiger charge is -2.17. The molecule has 3 nitrogen and oxygen atoms in total. The number of nitrogens with zero attached hydrogens (tertiary/aromatic N) is 3. The average molecular weight is 247 g/mol. The van der Waals surface area contributed by atoms with Gasteiger partial charge in [0.15, 0.2) is 5.16 Å². The number of rotatable bonds is 2. The fourth-order valence-corrected chi connectivity index (χ4v) is 3.42. The van der Waals surface area contributed by atoms with Crippen LogP contribution < -0.4 is 0 Å². The van der Waals surface area contributed by atoms with E-state index < -0.39 is 0 Å². The Balaban J connectivity index is 2.07. The number of hydrogen-bond acceptors (Lipinski definition) is 4. The molecule has 0 aromatic carbocycles. The SMILES string of the molecule is Cc1ccnc(SC2CCCCCC2C#N)n1. The van der Waals surface area contributed by atoms with Crippen molar-refractivity contribution in [1.29, 1.82) is 5.26 Å². The molecule has 90 valence electrons. The second-order valence-corrected chi connectivity index (χ2v) is 5.72. The summed E-state index contributed by atoms with van der Waals surface area (Å²) < 4.78 is 0. The van der Waals surface area contributed by atoms with E-state index in [-0.39, 0.29) is 5.92 Å². The van der Waals surface area contributed by atoms with Crippen LogP contribution in [0.25, 0.3) is 0 Å². The molecule has 0 spiro atoms. The first-order valence-corrected chi connectivity index (χ1v) is 7.03. The van der Waals surface area contributed by atoms with Crippen molar-refractivity contribution in [3.63, 3.8) is 0 Å². The molecule has 1 heterocycles. The van der Waals surface area contributed by atoms with Gasteiger partial charge in [-0.25, -0.2) is 9.97 Å². The van der Waals surface area contributed by atoms with Gasteiger partial charge in [-0.3, -0.25) is 0 Å². The Bertz CT molecular complexity index is 413. The van der Waals surface area contributed by atoms with Crippen LogP contribution in [0.2, 0.25) is 0 Å². The van der Waals surface area contributed by atoms with Gasteiger partial charge in [0.25, 0.3) is 0 Å². The van der Waals surface area contributed by atoms with Crippen LogP contribution in [0.1, 0.15) is 37.8 Å². The third-order valence-corrected chi connectivity index (χ3v) is 4.42. The lowest BCUT2D eigenvalue weighted by Crippen LogP contribution is -2.14. The molecule has 1 aromatic rings. The van der Waals surface area contributed by atoms with Gasteiger partial charge in [0.2, 0.25) is 0 Å². The Morgan fingerprint density at radius 3 is 2.94 bits per heavy atom. The monoisotopic (exact) mass is 247 g/mol. The maximum atomic E-state index is 9.21. The zero-order valence-electron chi connectivity index (χ0n) is 10.1. The summed E-state index contributed by atoms with van der Waals surface area (Å²) in [5.41, 5.74) is 0.990.